The molecule has 0 heterocycles. The highest BCUT2D eigenvalue weighted by atomic mass is 16.3. The SMILES string of the molecule is CCC(CC)(CC)NCc1ccc(CO)cc1. The zero-order valence-corrected chi connectivity index (χ0v) is 11.3. The van der Waals surface area contributed by atoms with E-state index >= 15 is 0 Å². The van der Waals surface area contributed by atoms with Crippen molar-refractivity contribution < 1.29 is 5.11 Å². The van der Waals surface area contributed by atoms with E-state index in [1.807, 2.05) is 12.1 Å². The zero-order chi connectivity index (χ0) is 12.7. The van der Waals surface area contributed by atoms with Gasteiger partial charge in [-0.15, -0.1) is 0 Å². The monoisotopic (exact) mass is 235 g/mol. The van der Waals surface area contributed by atoms with Gasteiger partial charge in [0, 0.05) is 12.1 Å². The molecule has 0 fully saturated rings. The molecule has 96 valence electrons. The van der Waals surface area contributed by atoms with Crippen molar-refractivity contribution >= 4 is 0 Å². The van der Waals surface area contributed by atoms with Gasteiger partial charge >= 0.3 is 0 Å². The highest BCUT2D eigenvalue weighted by Gasteiger charge is 2.22. The molecule has 0 atom stereocenters. The summed E-state index contributed by atoms with van der Waals surface area (Å²) in [5.74, 6) is 0. The lowest BCUT2D eigenvalue weighted by Crippen LogP contribution is -2.43. The fraction of sp³-hybridized carbons (Fsp3) is 0.600. The Labute approximate surface area is 105 Å². The first kappa shape index (κ1) is 14.2. The van der Waals surface area contributed by atoms with Crippen molar-refractivity contribution in [2.75, 3.05) is 0 Å². The van der Waals surface area contributed by atoms with Gasteiger partial charge in [0.25, 0.3) is 0 Å². The Morgan fingerprint density at radius 1 is 0.941 bits per heavy atom. The number of aliphatic hydroxyl groups excluding tert-OH is 1. The minimum absolute atomic E-state index is 0.122. The van der Waals surface area contributed by atoms with Crippen LogP contribution in [-0.2, 0) is 13.2 Å². The van der Waals surface area contributed by atoms with Crippen molar-refractivity contribution in [1.29, 1.82) is 0 Å². The van der Waals surface area contributed by atoms with Crippen LogP contribution in [0.1, 0.15) is 51.2 Å². The number of nitrogens with one attached hydrogen (secondary N) is 1. The van der Waals surface area contributed by atoms with Gasteiger partial charge in [0.05, 0.1) is 6.61 Å². The summed E-state index contributed by atoms with van der Waals surface area (Å²) < 4.78 is 0. The standard InChI is InChI=1S/C15H25NO/c1-4-15(5-2,6-3)16-11-13-7-9-14(12-17)10-8-13/h7-10,16-17H,4-6,11-12H2,1-3H3. The average molecular weight is 235 g/mol. The molecular weight excluding hydrogens is 210 g/mol. The zero-order valence-electron chi connectivity index (χ0n) is 11.3. The van der Waals surface area contributed by atoms with Crippen LogP contribution in [0.25, 0.3) is 0 Å². The van der Waals surface area contributed by atoms with Crippen LogP contribution in [0, 0.1) is 0 Å². The minimum Gasteiger partial charge on any atom is -0.392 e. The molecule has 0 saturated heterocycles. The lowest BCUT2D eigenvalue weighted by molar-refractivity contribution is 0.281. The van der Waals surface area contributed by atoms with E-state index < -0.39 is 0 Å². The number of hydrogen-bond donors (Lipinski definition) is 2. The Morgan fingerprint density at radius 2 is 1.41 bits per heavy atom. The smallest absolute Gasteiger partial charge is 0.0681 e. The van der Waals surface area contributed by atoms with Crippen molar-refractivity contribution in [2.45, 2.75) is 58.7 Å². The minimum atomic E-state index is 0.122. The van der Waals surface area contributed by atoms with Crippen LogP contribution in [0.15, 0.2) is 24.3 Å². The molecule has 17 heavy (non-hydrogen) atoms. The summed E-state index contributed by atoms with van der Waals surface area (Å²) >= 11 is 0. The molecule has 2 nitrogen and oxygen atoms in total. The van der Waals surface area contributed by atoms with Gasteiger partial charge in [0.15, 0.2) is 0 Å². The first-order chi connectivity index (χ1) is 8.19. The molecule has 0 amide bonds. The summed E-state index contributed by atoms with van der Waals surface area (Å²) in [6.07, 6.45) is 3.48. The summed E-state index contributed by atoms with van der Waals surface area (Å²) in [5, 5.41) is 12.7. The molecule has 0 aromatic heterocycles. The van der Waals surface area contributed by atoms with Crippen LogP contribution in [0.4, 0.5) is 0 Å². The Balaban J connectivity index is 2.59. The van der Waals surface area contributed by atoms with Crippen molar-refractivity contribution in [3.05, 3.63) is 35.4 Å². The Kier molecular flexibility index (Phi) is 5.66. The lowest BCUT2D eigenvalue weighted by Gasteiger charge is -2.32. The summed E-state index contributed by atoms with van der Waals surface area (Å²) in [5.41, 5.74) is 2.53. The Hall–Kier alpha value is -0.860. The lowest BCUT2D eigenvalue weighted by atomic mass is 9.89. The van der Waals surface area contributed by atoms with Gasteiger partial charge in [0.2, 0.25) is 0 Å². The third-order valence-corrected chi connectivity index (χ3v) is 3.90. The third-order valence-electron chi connectivity index (χ3n) is 3.90. The van der Waals surface area contributed by atoms with E-state index in [0.29, 0.717) is 0 Å². The van der Waals surface area contributed by atoms with Gasteiger partial charge in [-0.25, -0.2) is 0 Å². The molecule has 0 aliphatic heterocycles. The van der Waals surface area contributed by atoms with E-state index in [4.69, 9.17) is 5.11 Å². The fourth-order valence-corrected chi connectivity index (χ4v) is 2.18. The van der Waals surface area contributed by atoms with Gasteiger partial charge in [-0.05, 0) is 30.4 Å². The van der Waals surface area contributed by atoms with E-state index in [2.05, 4.69) is 38.2 Å². The number of benzene rings is 1. The molecule has 2 heteroatoms. The van der Waals surface area contributed by atoms with Crippen LogP contribution >= 0.6 is 0 Å². The Bertz CT molecular complexity index is 306. The second-order valence-corrected chi connectivity index (χ2v) is 4.67. The van der Waals surface area contributed by atoms with E-state index in [0.717, 1.165) is 31.4 Å². The maximum Gasteiger partial charge on any atom is 0.0681 e. The summed E-state index contributed by atoms with van der Waals surface area (Å²) in [4.78, 5) is 0. The predicted molar refractivity (Wildman–Crippen MR) is 72.8 cm³/mol. The molecule has 0 spiro atoms. The molecule has 0 aliphatic rings. The molecule has 1 aromatic rings. The second kappa shape index (κ2) is 6.77. The van der Waals surface area contributed by atoms with E-state index in [-0.39, 0.29) is 12.1 Å². The van der Waals surface area contributed by atoms with Crippen LogP contribution < -0.4 is 5.32 Å². The molecule has 1 aromatic carbocycles. The average Bonchev–Trinajstić information content (AvgIpc) is 2.41. The number of aliphatic hydroxyl groups is 1. The van der Waals surface area contributed by atoms with Gasteiger partial charge in [-0.1, -0.05) is 45.0 Å². The van der Waals surface area contributed by atoms with Crippen molar-refractivity contribution in [3.8, 4) is 0 Å². The molecule has 0 unspecified atom stereocenters. The van der Waals surface area contributed by atoms with Crippen LogP contribution in [0.5, 0.6) is 0 Å². The van der Waals surface area contributed by atoms with Crippen molar-refractivity contribution in [1.82, 2.24) is 5.32 Å². The van der Waals surface area contributed by atoms with Crippen molar-refractivity contribution in [3.63, 3.8) is 0 Å². The number of hydrogen-bond acceptors (Lipinski definition) is 2. The Morgan fingerprint density at radius 3 is 1.82 bits per heavy atom. The quantitative estimate of drug-likeness (QED) is 0.760. The highest BCUT2D eigenvalue weighted by Crippen LogP contribution is 2.20. The van der Waals surface area contributed by atoms with Gasteiger partial charge in [0.1, 0.15) is 0 Å². The topological polar surface area (TPSA) is 32.3 Å². The molecule has 0 bridgehead atoms. The maximum absolute atomic E-state index is 8.99. The van der Waals surface area contributed by atoms with Crippen molar-refractivity contribution in [2.24, 2.45) is 0 Å². The first-order valence-corrected chi connectivity index (χ1v) is 6.63. The summed E-state index contributed by atoms with van der Waals surface area (Å²) in [6.45, 7) is 7.76. The van der Waals surface area contributed by atoms with E-state index in [1.165, 1.54) is 5.56 Å². The predicted octanol–water partition coefficient (Wildman–Crippen LogP) is 3.24. The van der Waals surface area contributed by atoms with Gasteiger partial charge < -0.3 is 10.4 Å². The molecule has 1 rings (SSSR count). The van der Waals surface area contributed by atoms with Gasteiger partial charge in [-0.2, -0.15) is 0 Å². The van der Waals surface area contributed by atoms with E-state index in [9.17, 15) is 0 Å². The van der Waals surface area contributed by atoms with Crippen LogP contribution in [0.3, 0.4) is 0 Å². The summed E-state index contributed by atoms with van der Waals surface area (Å²) in [6, 6.07) is 8.15. The normalized spacial score (nSPS) is 11.8. The van der Waals surface area contributed by atoms with Crippen LogP contribution in [-0.4, -0.2) is 10.6 Å². The number of rotatable bonds is 7. The van der Waals surface area contributed by atoms with E-state index in [1.54, 1.807) is 0 Å². The molecule has 0 aliphatic carbocycles. The van der Waals surface area contributed by atoms with Gasteiger partial charge in [-0.3, -0.25) is 0 Å². The molecule has 0 saturated carbocycles. The largest absolute Gasteiger partial charge is 0.392 e. The fourth-order valence-electron chi connectivity index (χ4n) is 2.18. The molecular formula is C15H25NO. The molecule has 0 radical (unpaired) electrons. The maximum atomic E-state index is 8.99. The molecule has 2 N–H and O–H groups in total. The van der Waals surface area contributed by atoms with Crippen LogP contribution in [0.2, 0.25) is 0 Å². The third kappa shape index (κ3) is 3.83. The second-order valence-electron chi connectivity index (χ2n) is 4.67. The first-order valence-electron chi connectivity index (χ1n) is 6.63. The summed E-state index contributed by atoms with van der Waals surface area (Å²) in [7, 11) is 0. The highest BCUT2D eigenvalue weighted by molar-refractivity contribution is 5.22.